The second-order valence-electron chi connectivity index (χ2n) is 4.02. The summed E-state index contributed by atoms with van der Waals surface area (Å²) >= 11 is 0. The highest BCUT2D eigenvalue weighted by atomic mass is 16.4. The lowest BCUT2D eigenvalue weighted by atomic mass is 10.1. The maximum absolute atomic E-state index is 11.2. The Morgan fingerprint density at radius 1 is 1.61 bits per heavy atom. The summed E-state index contributed by atoms with van der Waals surface area (Å²) in [6.07, 6.45) is 1.89. The maximum atomic E-state index is 11.2. The minimum Gasteiger partial charge on any atom is -0.479 e. The van der Waals surface area contributed by atoms with Gasteiger partial charge in [0, 0.05) is 6.04 Å². The first-order valence-corrected chi connectivity index (χ1v) is 5.47. The van der Waals surface area contributed by atoms with E-state index in [1.807, 2.05) is 0 Å². The molecular formula is C10H16N4O4. The topological polar surface area (TPSA) is 109 Å². The molecule has 18 heavy (non-hydrogen) atoms. The summed E-state index contributed by atoms with van der Waals surface area (Å²) < 4.78 is 1.33. The van der Waals surface area contributed by atoms with Crippen LogP contribution in [0.4, 0.5) is 0 Å². The molecule has 1 amide bonds. The Morgan fingerprint density at radius 3 is 2.72 bits per heavy atom. The van der Waals surface area contributed by atoms with E-state index in [1.54, 1.807) is 13.8 Å². The molecule has 0 saturated carbocycles. The molecule has 1 heterocycles. The standard InChI is InChI=1S/C10H16N4O4/c1-7(2)14(6-16)9(10(17)18)8-5-13(3-4-15)12-11-8/h5-7,9,15H,3-4H2,1-2H3,(H,17,18). The molecule has 0 aliphatic heterocycles. The number of carbonyl (C=O) groups is 2. The summed E-state index contributed by atoms with van der Waals surface area (Å²) in [7, 11) is 0. The molecule has 1 aromatic rings. The molecule has 0 aliphatic rings. The number of aliphatic hydroxyl groups excluding tert-OH is 1. The fourth-order valence-corrected chi connectivity index (χ4v) is 1.54. The number of carboxylic acid groups (broad SMARTS) is 1. The van der Waals surface area contributed by atoms with Crippen LogP contribution in [0.1, 0.15) is 25.6 Å². The second-order valence-corrected chi connectivity index (χ2v) is 4.02. The molecule has 0 saturated heterocycles. The quantitative estimate of drug-likeness (QED) is 0.622. The monoisotopic (exact) mass is 256 g/mol. The van der Waals surface area contributed by atoms with Crippen LogP contribution in [0.15, 0.2) is 6.20 Å². The average Bonchev–Trinajstić information content (AvgIpc) is 2.73. The largest absolute Gasteiger partial charge is 0.479 e. The van der Waals surface area contributed by atoms with E-state index in [4.69, 9.17) is 5.11 Å². The molecule has 100 valence electrons. The van der Waals surface area contributed by atoms with Crippen molar-refractivity contribution >= 4 is 12.4 Å². The van der Waals surface area contributed by atoms with Crippen molar-refractivity contribution in [2.45, 2.75) is 32.5 Å². The molecular weight excluding hydrogens is 240 g/mol. The third kappa shape index (κ3) is 3.04. The van der Waals surface area contributed by atoms with E-state index in [1.165, 1.54) is 10.9 Å². The first-order chi connectivity index (χ1) is 8.51. The summed E-state index contributed by atoms with van der Waals surface area (Å²) in [4.78, 5) is 23.4. The first kappa shape index (κ1) is 14.1. The van der Waals surface area contributed by atoms with Crippen LogP contribution in [-0.2, 0) is 16.1 Å². The van der Waals surface area contributed by atoms with E-state index in [2.05, 4.69) is 10.3 Å². The maximum Gasteiger partial charge on any atom is 0.332 e. The van der Waals surface area contributed by atoms with Crippen LogP contribution in [0.3, 0.4) is 0 Å². The Balaban J connectivity index is 3.03. The minimum absolute atomic E-state index is 0.123. The zero-order valence-corrected chi connectivity index (χ0v) is 10.2. The van der Waals surface area contributed by atoms with Crippen LogP contribution < -0.4 is 0 Å². The molecule has 0 radical (unpaired) electrons. The molecule has 1 atom stereocenters. The lowest BCUT2D eigenvalue weighted by molar-refractivity contribution is -0.148. The van der Waals surface area contributed by atoms with Crippen molar-refractivity contribution in [1.29, 1.82) is 0 Å². The number of hydrogen-bond acceptors (Lipinski definition) is 5. The van der Waals surface area contributed by atoms with Gasteiger partial charge >= 0.3 is 5.97 Å². The normalized spacial score (nSPS) is 12.4. The summed E-state index contributed by atoms with van der Waals surface area (Å²) in [5.74, 6) is -1.17. The third-order valence-corrected chi connectivity index (χ3v) is 2.42. The first-order valence-electron chi connectivity index (χ1n) is 5.47. The van der Waals surface area contributed by atoms with Crippen LogP contribution in [-0.4, -0.2) is 55.1 Å². The van der Waals surface area contributed by atoms with Crippen molar-refractivity contribution < 1.29 is 19.8 Å². The van der Waals surface area contributed by atoms with Crippen LogP contribution in [0.2, 0.25) is 0 Å². The number of carbonyl (C=O) groups excluding carboxylic acids is 1. The van der Waals surface area contributed by atoms with Crippen molar-refractivity contribution in [3.63, 3.8) is 0 Å². The predicted octanol–water partition coefficient (Wildman–Crippen LogP) is -0.737. The van der Waals surface area contributed by atoms with E-state index in [9.17, 15) is 14.7 Å². The fraction of sp³-hybridized carbons (Fsp3) is 0.600. The van der Waals surface area contributed by atoms with E-state index in [0.717, 1.165) is 4.90 Å². The molecule has 0 bridgehead atoms. The highest BCUT2D eigenvalue weighted by Gasteiger charge is 2.30. The number of carboxylic acids is 1. The third-order valence-electron chi connectivity index (χ3n) is 2.42. The van der Waals surface area contributed by atoms with E-state index in [-0.39, 0.29) is 24.9 Å². The predicted molar refractivity (Wildman–Crippen MR) is 60.5 cm³/mol. The number of hydrogen-bond donors (Lipinski definition) is 2. The Kier molecular flexibility index (Phi) is 4.78. The molecule has 0 fully saturated rings. The number of aliphatic carboxylic acids is 1. The molecule has 8 nitrogen and oxygen atoms in total. The van der Waals surface area contributed by atoms with Gasteiger partial charge in [0.2, 0.25) is 6.41 Å². The highest BCUT2D eigenvalue weighted by molar-refractivity contribution is 5.77. The molecule has 2 N–H and O–H groups in total. The SMILES string of the molecule is CC(C)N(C=O)C(C(=O)O)c1cn(CCO)nn1. The Hall–Kier alpha value is -1.96. The molecule has 0 aromatic carbocycles. The van der Waals surface area contributed by atoms with Gasteiger partial charge in [0.15, 0.2) is 6.04 Å². The van der Waals surface area contributed by atoms with Crippen molar-refractivity contribution in [2.75, 3.05) is 6.61 Å². The molecule has 0 spiro atoms. The average molecular weight is 256 g/mol. The molecule has 1 unspecified atom stereocenters. The number of rotatable bonds is 7. The van der Waals surface area contributed by atoms with Crippen molar-refractivity contribution in [1.82, 2.24) is 19.9 Å². The summed E-state index contributed by atoms with van der Waals surface area (Å²) in [6.45, 7) is 3.52. The van der Waals surface area contributed by atoms with Crippen LogP contribution in [0.5, 0.6) is 0 Å². The smallest absolute Gasteiger partial charge is 0.332 e. The lowest BCUT2D eigenvalue weighted by Crippen LogP contribution is -2.38. The number of nitrogens with zero attached hydrogens (tertiary/aromatic N) is 4. The van der Waals surface area contributed by atoms with Gasteiger partial charge in [0.1, 0.15) is 5.69 Å². The Morgan fingerprint density at radius 2 is 2.28 bits per heavy atom. The van der Waals surface area contributed by atoms with Gasteiger partial charge in [-0.25, -0.2) is 9.48 Å². The Labute approximate surface area is 104 Å². The fourth-order valence-electron chi connectivity index (χ4n) is 1.54. The summed E-state index contributed by atoms with van der Waals surface area (Å²) in [5, 5.41) is 25.4. The van der Waals surface area contributed by atoms with Gasteiger partial charge in [-0.15, -0.1) is 5.10 Å². The highest BCUT2D eigenvalue weighted by Crippen LogP contribution is 2.19. The van der Waals surface area contributed by atoms with Crippen molar-refractivity contribution in [3.8, 4) is 0 Å². The van der Waals surface area contributed by atoms with Gasteiger partial charge in [-0.3, -0.25) is 4.79 Å². The van der Waals surface area contributed by atoms with Crippen LogP contribution in [0.25, 0.3) is 0 Å². The van der Waals surface area contributed by atoms with Crippen molar-refractivity contribution in [3.05, 3.63) is 11.9 Å². The summed E-state index contributed by atoms with van der Waals surface area (Å²) in [6, 6.07) is -1.44. The number of aromatic nitrogens is 3. The van der Waals surface area contributed by atoms with E-state index in [0.29, 0.717) is 6.41 Å². The molecule has 1 rings (SSSR count). The van der Waals surface area contributed by atoms with Gasteiger partial charge in [-0.1, -0.05) is 5.21 Å². The van der Waals surface area contributed by atoms with Gasteiger partial charge < -0.3 is 15.1 Å². The summed E-state index contributed by atoms with van der Waals surface area (Å²) in [5.41, 5.74) is 0.164. The lowest BCUT2D eigenvalue weighted by Gasteiger charge is -2.26. The zero-order chi connectivity index (χ0) is 13.7. The van der Waals surface area contributed by atoms with Gasteiger partial charge in [0.25, 0.3) is 0 Å². The zero-order valence-electron chi connectivity index (χ0n) is 10.2. The van der Waals surface area contributed by atoms with Gasteiger partial charge in [-0.05, 0) is 13.8 Å². The number of aliphatic hydroxyl groups is 1. The van der Waals surface area contributed by atoms with Crippen LogP contribution in [0, 0.1) is 0 Å². The number of amides is 1. The van der Waals surface area contributed by atoms with E-state index < -0.39 is 12.0 Å². The van der Waals surface area contributed by atoms with Gasteiger partial charge in [-0.2, -0.15) is 0 Å². The molecule has 0 aliphatic carbocycles. The minimum atomic E-state index is -1.17. The molecule has 1 aromatic heterocycles. The van der Waals surface area contributed by atoms with Gasteiger partial charge in [0.05, 0.1) is 19.3 Å². The molecule has 8 heteroatoms. The second kappa shape index (κ2) is 6.10. The Bertz CT molecular complexity index is 418. The van der Waals surface area contributed by atoms with Crippen molar-refractivity contribution in [2.24, 2.45) is 0 Å². The van der Waals surface area contributed by atoms with Crippen LogP contribution >= 0.6 is 0 Å². The van der Waals surface area contributed by atoms with E-state index >= 15 is 0 Å².